The zero-order valence-corrected chi connectivity index (χ0v) is 8.12. The standard InChI is InChI=1S/C10H9F3N2O/c11-10(12,13)7-1-2-8(9(15)5-16)6(3-7)4-14/h1-3,9,16H,5,15H2/t9-/m1/s1. The second kappa shape index (κ2) is 4.51. The summed E-state index contributed by atoms with van der Waals surface area (Å²) < 4.78 is 37.0. The van der Waals surface area contributed by atoms with Crippen molar-refractivity contribution in [1.82, 2.24) is 0 Å². The number of aliphatic hydroxyl groups excluding tert-OH is 1. The first-order valence-electron chi connectivity index (χ1n) is 4.38. The van der Waals surface area contributed by atoms with Crippen LogP contribution in [0, 0.1) is 11.3 Å². The lowest BCUT2D eigenvalue weighted by molar-refractivity contribution is -0.137. The van der Waals surface area contributed by atoms with Crippen LogP contribution in [0.1, 0.15) is 22.7 Å². The highest BCUT2D eigenvalue weighted by atomic mass is 19.4. The van der Waals surface area contributed by atoms with Gasteiger partial charge in [-0.25, -0.2) is 0 Å². The minimum absolute atomic E-state index is 0.170. The Morgan fingerprint density at radius 1 is 1.44 bits per heavy atom. The number of rotatable bonds is 2. The van der Waals surface area contributed by atoms with Crippen LogP contribution in [0.3, 0.4) is 0 Å². The minimum atomic E-state index is -4.49. The number of nitrogens with two attached hydrogens (primary N) is 1. The topological polar surface area (TPSA) is 70.0 Å². The van der Waals surface area contributed by atoms with E-state index in [0.29, 0.717) is 0 Å². The summed E-state index contributed by atoms with van der Waals surface area (Å²) in [5.74, 6) is 0. The average molecular weight is 230 g/mol. The Morgan fingerprint density at radius 2 is 2.06 bits per heavy atom. The van der Waals surface area contributed by atoms with E-state index in [2.05, 4.69) is 0 Å². The van der Waals surface area contributed by atoms with Gasteiger partial charge >= 0.3 is 6.18 Å². The largest absolute Gasteiger partial charge is 0.416 e. The number of benzene rings is 1. The fraction of sp³-hybridized carbons (Fsp3) is 0.300. The molecule has 0 heterocycles. The molecule has 1 aromatic carbocycles. The van der Waals surface area contributed by atoms with Crippen LogP contribution in [0.2, 0.25) is 0 Å². The summed E-state index contributed by atoms with van der Waals surface area (Å²) in [6.45, 7) is -0.431. The zero-order chi connectivity index (χ0) is 12.3. The van der Waals surface area contributed by atoms with Gasteiger partial charge in [-0.1, -0.05) is 6.07 Å². The van der Waals surface area contributed by atoms with Crippen molar-refractivity contribution in [2.24, 2.45) is 5.73 Å². The molecule has 0 spiro atoms. The van der Waals surface area contributed by atoms with Gasteiger partial charge in [-0.2, -0.15) is 18.4 Å². The Balaban J connectivity index is 3.24. The number of aliphatic hydroxyl groups is 1. The molecule has 0 aliphatic carbocycles. The van der Waals surface area contributed by atoms with Gasteiger partial charge in [0.1, 0.15) is 0 Å². The lowest BCUT2D eigenvalue weighted by atomic mass is 9.99. The van der Waals surface area contributed by atoms with E-state index in [1.54, 1.807) is 6.07 Å². The van der Waals surface area contributed by atoms with Crippen LogP contribution in [0.5, 0.6) is 0 Å². The molecule has 0 unspecified atom stereocenters. The molecule has 0 radical (unpaired) electrons. The maximum absolute atomic E-state index is 12.3. The third-order valence-electron chi connectivity index (χ3n) is 2.10. The van der Waals surface area contributed by atoms with Crippen molar-refractivity contribution < 1.29 is 18.3 Å². The summed E-state index contributed by atoms with van der Waals surface area (Å²) in [6, 6.07) is 3.46. The van der Waals surface area contributed by atoms with Crippen LogP contribution in [0.15, 0.2) is 18.2 Å². The fourth-order valence-corrected chi connectivity index (χ4v) is 1.25. The quantitative estimate of drug-likeness (QED) is 0.810. The SMILES string of the molecule is N#Cc1cc(C(F)(F)F)ccc1[C@H](N)CO. The molecule has 3 N–H and O–H groups in total. The van der Waals surface area contributed by atoms with Crippen molar-refractivity contribution in [2.45, 2.75) is 12.2 Å². The molecule has 0 aliphatic heterocycles. The Labute approximate surface area is 89.9 Å². The summed E-state index contributed by atoms with van der Waals surface area (Å²) >= 11 is 0. The Kier molecular flexibility index (Phi) is 3.52. The molecule has 1 atom stereocenters. The highest BCUT2D eigenvalue weighted by molar-refractivity contribution is 5.43. The number of hydrogen-bond acceptors (Lipinski definition) is 3. The van der Waals surface area contributed by atoms with Crippen molar-refractivity contribution in [3.63, 3.8) is 0 Å². The van der Waals surface area contributed by atoms with Crippen molar-refractivity contribution in [2.75, 3.05) is 6.61 Å². The predicted molar refractivity (Wildman–Crippen MR) is 50.2 cm³/mol. The number of halogens is 3. The molecule has 1 aromatic rings. The third kappa shape index (κ3) is 2.51. The normalized spacial score (nSPS) is 13.2. The molecule has 0 bridgehead atoms. The van der Waals surface area contributed by atoms with E-state index in [0.717, 1.165) is 18.2 Å². The number of alkyl halides is 3. The summed E-state index contributed by atoms with van der Waals surface area (Å²) in [5, 5.41) is 17.5. The van der Waals surface area contributed by atoms with Crippen LogP contribution in [-0.4, -0.2) is 11.7 Å². The van der Waals surface area contributed by atoms with E-state index < -0.39 is 24.4 Å². The van der Waals surface area contributed by atoms with E-state index >= 15 is 0 Å². The fourth-order valence-electron chi connectivity index (χ4n) is 1.25. The highest BCUT2D eigenvalue weighted by Gasteiger charge is 2.31. The van der Waals surface area contributed by atoms with E-state index in [4.69, 9.17) is 16.1 Å². The van der Waals surface area contributed by atoms with Gasteiger partial charge in [0.2, 0.25) is 0 Å². The van der Waals surface area contributed by atoms with Crippen LogP contribution in [0.4, 0.5) is 13.2 Å². The van der Waals surface area contributed by atoms with Gasteiger partial charge in [-0.15, -0.1) is 0 Å². The van der Waals surface area contributed by atoms with Crippen LogP contribution in [0.25, 0.3) is 0 Å². The molecule has 16 heavy (non-hydrogen) atoms. The Bertz CT molecular complexity index is 423. The van der Waals surface area contributed by atoms with Gasteiger partial charge in [0.05, 0.1) is 29.8 Å². The minimum Gasteiger partial charge on any atom is -0.394 e. The highest BCUT2D eigenvalue weighted by Crippen LogP contribution is 2.31. The molecular weight excluding hydrogens is 221 g/mol. The Morgan fingerprint density at radius 3 is 2.50 bits per heavy atom. The molecule has 0 saturated carbocycles. The second-order valence-electron chi connectivity index (χ2n) is 3.20. The van der Waals surface area contributed by atoms with Gasteiger partial charge < -0.3 is 10.8 Å². The first kappa shape index (κ1) is 12.5. The number of hydrogen-bond donors (Lipinski definition) is 2. The van der Waals surface area contributed by atoms with Gasteiger partial charge in [0.25, 0.3) is 0 Å². The molecule has 0 aliphatic rings. The number of nitrogens with zero attached hydrogens (tertiary/aromatic N) is 1. The number of nitriles is 1. The van der Waals surface area contributed by atoms with E-state index in [1.165, 1.54) is 0 Å². The smallest absolute Gasteiger partial charge is 0.394 e. The van der Waals surface area contributed by atoms with Crippen LogP contribution < -0.4 is 5.73 Å². The van der Waals surface area contributed by atoms with Gasteiger partial charge in [-0.3, -0.25) is 0 Å². The molecule has 3 nitrogen and oxygen atoms in total. The predicted octanol–water partition coefficient (Wildman–Crippen LogP) is 1.57. The summed E-state index contributed by atoms with van der Waals surface area (Å²) in [5.41, 5.74) is 4.58. The van der Waals surface area contributed by atoms with Crippen molar-refractivity contribution in [1.29, 1.82) is 5.26 Å². The van der Waals surface area contributed by atoms with E-state index in [9.17, 15) is 13.2 Å². The monoisotopic (exact) mass is 230 g/mol. The molecule has 0 fully saturated rings. The average Bonchev–Trinajstić information content (AvgIpc) is 2.26. The molecule has 0 aromatic heterocycles. The molecule has 1 rings (SSSR count). The van der Waals surface area contributed by atoms with Gasteiger partial charge in [-0.05, 0) is 17.7 Å². The molecular formula is C10H9F3N2O. The van der Waals surface area contributed by atoms with Gasteiger partial charge in [0.15, 0.2) is 0 Å². The first-order chi connectivity index (χ1) is 7.40. The molecule has 0 saturated heterocycles. The third-order valence-corrected chi connectivity index (χ3v) is 2.10. The lowest BCUT2D eigenvalue weighted by Crippen LogP contribution is -2.16. The zero-order valence-electron chi connectivity index (χ0n) is 8.12. The summed E-state index contributed by atoms with van der Waals surface area (Å²) in [4.78, 5) is 0. The Hall–Kier alpha value is -1.58. The second-order valence-corrected chi connectivity index (χ2v) is 3.20. The van der Waals surface area contributed by atoms with Crippen molar-refractivity contribution in [3.05, 3.63) is 34.9 Å². The van der Waals surface area contributed by atoms with Crippen LogP contribution in [-0.2, 0) is 6.18 Å². The van der Waals surface area contributed by atoms with Gasteiger partial charge in [0, 0.05) is 0 Å². The first-order valence-corrected chi connectivity index (χ1v) is 4.38. The summed E-state index contributed by atoms with van der Waals surface area (Å²) in [6.07, 6.45) is -4.49. The van der Waals surface area contributed by atoms with Crippen molar-refractivity contribution >= 4 is 0 Å². The molecule has 0 amide bonds. The lowest BCUT2D eigenvalue weighted by Gasteiger charge is -2.13. The van der Waals surface area contributed by atoms with E-state index in [-0.39, 0.29) is 11.1 Å². The van der Waals surface area contributed by atoms with E-state index in [1.807, 2.05) is 0 Å². The van der Waals surface area contributed by atoms with Crippen LogP contribution >= 0.6 is 0 Å². The van der Waals surface area contributed by atoms with Crippen molar-refractivity contribution in [3.8, 4) is 6.07 Å². The molecule has 6 heteroatoms. The summed E-state index contributed by atoms with van der Waals surface area (Å²) in [7, 11) is 0. The molecule has 86 valence electrons. The maximum atomic E-state index is 12.3. The maximum Gasteiger partial charge on any atom is 0.416 e.